The minimum Gasteiger partial charge on any atom is -0.487 e. The summed E-state index contributed by atoms with van der Waals surface area (Å²) in [5, 5.41) is 3.25. The van der Waals surface area contributed by atoms with Gasteiger partial charge in [0.1, 0.15) is 11.4 Å². The molecule has 180 valence electrons. The smallest absolute Gasteiger partial charge is 0.231 e. The maximum atomic E-state index is 13.1. The molecule has 1 unspecified atom stereocenters. The first kappa shape index (κ1) is 23.5. The van der Waals surface area contributed by atoms with E-state index in [1.54, 1.807) is 7.11 Å². The number of amides is 2. The summed E-state index contributed by atoms with van der Waals surface area (Å²) in [6, 6.07) is 7.81. The highest BCUT2D eigenvalue weighted by atomic mass is 16.5. The van der Waals surface area contributed by atoms with Crippen LogP contribution < -0.4 is 15.8 Å². The summed E-state index contributed by atoms with van der Waals surface area (Å²) in [5.74, 6) is 1.17. The number of guanidine groups is 1. The number of methoxy groups -OCH3 is 1. The predicted molar refractivity (Wildman–Crippen MR) is 126 cm³/mol. The molecule has 33 heavy (non-hydrogen) atoms. The third kappa shape index (κ3) is 5.16. The fourth-order valence-electron chi connectivity index (χ4n) is 5.14. The molecule has 1 aromatic carbocycles. The third-order valence-corrected chi connectivity index (χ3v) is 6.87. The average Bonchev–Trinajstić information content (AvgIpc) is 3.49. The van der Waals surface area contributed by atoms with E-state index >= 15 is 0 Å². The second kappa shape index (κ2) is 8.63. The molecule has 0 aromatic heterocycles. The van der Waals surface area contributed by atoms with Crippen molar-refractivity contribution in [3.8, 4) is 5.75 Å². The Bertz CT molecular complexity index is 957. The predicted octanol–water partition coefficient (Wildman–Crippen LogP) is 2.77. The molecule has 4 atom stereocenters. The fourth-order valence-corrected chi connectivity index (χ4v) is 5.14. The first-order chi connectivity index (χ1) is 15.5. The molecule has 3 aliphatic rings. The number of carbonyl (C=O) groups excluding carboxylic acids is 2. The molecule has 2 aliphatic heterocycles. The van der Waals surface area contributed by atoms with E-state index in [4.69, 9.17) is 15.2 Å². The van der Waals surface area contributed by atoms with Gasteiger partial charge in [-0.05, 0) is 52.5 Å². The van der Waals surface area contributed by atoms with Crippen LogP contribution in [0, 0.1) is 11.8 Å². The molecule has 4 rings (SSSR count). The van der Waals surface area contributed by atoms with Gasteiger partial charge in [0, 0.05) is 31.6 Å². The zero-order valence-electron chi connectivity index (χ0n) is 20.3. The van der Waals surface area contributed by atoms with Crippen LogP contribution in [0.2, 0.25) is 0 Å². The minimum atomic E-state index is -0.463. The number of ether oxygens (including phenoxy) is 2. The van der Waals surface area contributed by atoms with Crippen LogP contribution in [0.3, 0.4) is 0 Å². The lowest BCUT2D eigenvalue weighted by Crippen LogP contribution is -2.50. The topological polar surface area (TPSA) is 106 Å². The number of aliphatic imine (C=N–C) groups is 1. The molecule has 8 heteroatoms. The van der Waals surface area contributed by atoms with Gasteiger partial charge in [-0.2, -0.15) is 0 Å². The van der Waals surface area contributed by atoms with Crippen LogP contribution in [0.4, 0.5) is 0 Å². The third-order valence-electron chi connectivity index (χ3n) is 6.87. The zero-order valence-corrected chi connectivity index (χ0v) is 20.3. The molecule has 1 fully saturated rings. The van der Waals surface area contributed by atoms with Gasteiger partial charge in [0.2, 0.25) is 11.8 Å². The quantitative estimate of drug-likeness (QED) is 0.656. The standard InChI is InChI=1S/C25H36N4O4/c1-24(2)14-21(30)29(23(26)28-24)11-10-19(32-5)16-12-17(16)22(31)27-18-13-25(3,4)33-20-9-7-6-8-15(18)20/h6-9,16-19H,10-14H2,1-5H3,(H2,26,28)(H,27,31)/t16-,17-,18+,19?/m1/s1. The molecule has 2 amide bonds. The Kier molecular flexibility index (Phi) is 6.16. The monoisotopic (exact) mass is 456 g/mol. The number of para-hydroxylation sites is 1. The molecule has 0 saturated heterocycles. The van der Waals surface area contributed by atoms with Crippen LogP contribution in [0.5, 0.6) is 5.75 Å². The van der Waals surface area contributed by atoms with E-state index in [-0.39, 0.29) is 47.4 Å². The van der Waals surface area contributed by atoms with E-state index in [0.29, 0.717) is 25.8 Å². The van der Waals surface area contributed by atoms with Gasteiger partial charge in [-0.15, -0.1) is 0 Å². The summed E-state index contributed by atoms with van der Waals surface area (Å²) in [7, 11) is 1.66. The number of nitrogens with two attached hydrogens (primary N) is 1. The minimum absolute atomic E-state index is 0.0201. The number of carbonyl (C=O) groups is 2. The normalized spacial score (nSPS) is 28.3. The lowest BCUT2D eigenvalue weighted by Gasteiger charge is -2.38. The van der Waals surface area contributed by atoms with Crippen LogP contribution in [-0.2, 0) is 14.3 Å². The van der Waals surface area contributed by atoms with Crippen molar-refractivity contribution in [3.05, 3.63) is 29.8 Å². The number of rotatable bonds is 7. The molecular formula is C25H36N4O4. The van der Waals surface area contributed by atoms with Crippen molar-refractivity contribution in [1.29, 1.82) is 0 Å². The van der Waals surface area contributed by atoms with Crippen LogP contribution in [0.25, 0.3) is 0 Å². The van der Waals surface area contributed by atoms with E-state index in [0.717, 1.165) is 17.7 Å². The van der Waals surface area contributed by atoms with Crippen molar-refractivity contribution in [2.75, 3.05) is 13.7 Å². The Morgan fingerprint density at radius 2 is 2.06 bits per heavy atom. The first-order valence-corrected chi connectivity index (χ1v) is 11.8. The van der Waals surface area contributed by atoms with E-state index in [1.165, 1.54) is 4.90 Å². The Balaban J connectivity index is 1.35. The number of nitrogens with one attached hydrogen (secondary N) is 1. The van der Waals surface area contributed by atoms with E-state index < -0.39 is 5.54 Å². The second-order valence-electron chi connectivity index (χ2n) is 10.7. The van der Waals surface area contributed by atoms with Gasteiger partial charge in [-0.3, -0.25) is 14.5 Å². The maximum Gasteiger partial charge on any atom is 0.231 e. The average molecular weight is 457 g/mol. The molecule has 8 nitrogen and oxygen atoms in total. The second-order valence-corrected chi connectivity index (χ2v) is 10.7. The molecular weight excluding hydrogens is 420 g/mol. The number of fused-ring (bicyclic) bond motifs is 1. The van der Waals surface area contributed by atoms with Gasteiger partial charge < -0.3 is 20.5 Å². The van der Waals surface area contributed by atoms with E-state index in [9.17, 15) is 9.59 Å². The molecule has 0 bridgehead atoms. The van der Waals surface area contributed by atoms with Crippen LogP contribution in [-0.4, -0.2) is 53.6 Å². The highest BCUT2D eigenvalue weighted by Gasteiger charge is 2.49. The van der Waals surface area contributed by atoms with Gasteiger partial charge in [0.15, 0.2) is 5.96 Å². The van der Waals surface area contributed by atoms with Crippen molar-refractivity contribution in [2.24, 2.45) is 22.6 Å². The van der Waals surface area contributed by atoms with Gasteiger partial charge in [0.05, 0.1) is 24.1 Å². The van der Waals surface area contributed by atoms with Gasteiger partial charge in [0.25, 0.3) is 0 Å². The summed E-state index contributed by atoms with van der Waals surface area (Å²) >= 11 is 0. The van der Waals surface area contributed by atoms with Crippen LogP contribution >= 0.6 is 0 Å². The number of benzene rings is 1. The van der Waals surface area contributed by atoms with Crippen molar-refractivity contribution in [1.82, 2.24) is 10.2 Å². The van der Waals surface area contributed by atoms with Gasteiger partial charge >= 0.3 is 0 Å². The van der Waals surface area contributed by atoms with Crippen LogP contribution in [0.15, 0.2) is 29.3 Å². The number of hydrogen-bond acceptors (Lipinski definition) is 6. The van der Waals surface area contributed by atoms with Gasteiger partial charge in [-0.25, -0.2) is 4.99 Å². The lowest BCUT2D eigenvalue weighted by atomic mass is 9.89. The maximum absolute atomic E-state index is 13.1. The first-order valence-electron chi connectivity index (χ1n) is 11.8. The Labute approximate surface area is 195 Å². The van der Waals surface area contributed by atoms with Gasteiger partial charge in [-0.1, -0.05) is 18.2 Å². The fraction of sp³-hybridized carbons (Fsp3) is 0.640. The molecule has 2 heterocycles. The summed E-state index contributed by atoms with van der Waals surface area (Å²) < 4.78 is 11.8. The Morgan fingerprint density at radius 1 is 1.33 bits per heavy atom. The van der Waals surface area contributed by atoms with E-state index in [2.05, 4.69) is 10.3 Å². The molecule has 1 saturated carbocycles. The van der Waals surface area contributed by atoms with E-state index in [1.807, 2.05) is 52.0 Å². The lowest BCUT2D eigenvalue weighted by molar-refractivity contribution is -0.130. The SMILES string of the molecule is COC(CCN1C(=O)CC(C)(C)N=C1N)[C@@H]1C[C@H]1C(=O)N[C@H]1CC(C)(C)Oc2ccccc21. The molecule has 0 spiro atoms. The Hall–Kier alpha value is -2.61. The molecule has 3 N–H and O–H groups in total. The molecule has 0 radical (unpaired) electrons. The molecule has 1 aromatic rings. The molecule has 1 aliphatic carbocycles. The largest absolute Gasteiger partial charge is 0.487 e. The summed E-state index contributed by atoms with van der Waals surface area (Å²) in [6.45, 7) is 8.33. The number of hydrogen-bond donors (Lipinski definition) is 2. The Morgan fingerprint density at radius 3 is 2.76 bits per heavy atom. The van der Waals surface area contributed by atoms with Crippen molar-refractivity contribution < 1.29 is 19.1 Å². The summed E-state index contributed by atoms with van der Waals surface area (Å²) in [4.78, 5) is 31.6. The summed E-state index contributed by atoms with van der Waals surface area (Å²) in [6.07, 6.45) is 2.33. The van der Waals surface area contributed by atoms with Crippen molar-refractivity contribution >= 4 is 17.8 Å². The number of nitrogens with zero attached hydrogens (tertiary/aromatic N) is 2. The summed E-state index contributed by atoms with van der Waals surface area (Å²) in [5.41, 5.74) is 6.26. The van der Waals surface area contributed by atoms with Crippen molar-refractivity contribution in [2.45, 2.75) is 76.7 Å². The van der Waals surface area contributed by atoms with Crippen LogP contribution in [0.1, 0.15) is 65.0 Å². The zero-order chi connectivity index (χ0) is 24.0. The van der Waals surface area contributed by atoms with Crippen molar-refractivity contribution in [3.63, 3.8) is 0 Å². The highest BCUT2D eigenvalue weighted by molar-refractivity contribution is 5.98. The highest BCUT2D eigenvalue weighted by Crippen LogP contribution is 2.45.